The van der Waals surface area contributed by atoms with Gasteiger partial charge < -0.3 is 5.11 Å². The third kappa shape index (κ3) is 2.95. The molecule has 1 atom stereocenters. The summed E-state index contributed by atoms with van der Waals surface area (Å²) in [5.74, 6) is -1.26. The van der Waals surface area contributed by atoms with Crippen molar-refractivity contribution < 1.29 is 31.5 Å². The second-order valence-electron chi connectivity index (χ2n) is 5.50. The van der Waals surface area contributed by atoms with Gasteiger partial charge in [0.15, 0.2) is 0 Å². The molecule has 0 fully saturated rings. The zero-order valence-electron chi connectivity index (χ0n) is 12.6. The van der Waals surface area contributed by atoms with Gasteiger partial charge in [-0.05, 0) is 29.8 Å². The fourth-order valence-electron chi connectivity index (χ4n) is 2.86. The van der Waals surface area contributed by atoms with Crippen LogP contribution in [0.2, 0.25) is 0 Å². The molecule has 0 aromatic heterocycles. The van der Waals surface area contributed by atoms with Gasteiger partial charge in [0.05, 0.1) is 28.6 Å². The van der Waals surface area contributed by atoms with Crippen LogP contribution in [0.25, 0.3) is 0 Å². The first-order chi connectivity index (χ1) is 11.6. The Morgan fingerprint density at radius 1 is 1.12 bits per heavy atom. The highest BCUT2D eigenvalue weighted by molar-refractivity contribution is 7.93. The maximum absolute atomic E-state index is 12.9. The minimum absolute atomic E-state index is 0.0410. The van der Waals surface area contributed by atoms with E-state index in [1.807, 2.05) is 0 Å². The van der Waals surface area contributed by atoms with E-state index in [0.29, 0.717) is 6.07 Å². The molecule has 0 saturated heterocycles. The number of carboxylic acids is 1. The van der Waals surface area contributed by atoms with Crippen LogP contribution in [0.15, 0.2) is 53.4 Å². The molecule has 0 aliphatic carbocycles. The molecule has 9 heteroatoms. The quantitative estimate of drug-likeness (QED) is 0.897. The van der Waals surface area contributed by atoms with Gasteiger partial charge in [0.2, 0.25) is 0 Å². The number of hydrogen-bond acceptors (Lipinski definition) is 3. The summed E-state index contributed by atoms with van der Waals surface area (Å²) < 4.78 is 65.3. The normalized spacial score (nSPS) is 18.8. The fraction of sp³-hybridized carbons (Fsp3) is 0.188. The lowest BCUT2D eigenvalue weighted by Gasteiger charge is -2.24. The Morgan fingerprint density at radius 2 is 1.76 bits per heavy atom. The monoisotopic (exact) mass is 371 g/mol. The molecule has 0 bridgehead atoms. The molecule has 25 heavy (non-hydrogen) atoms. The van der Waals surface area contributed by atoms with E-state index < -0.39 is 45.1 Å². The molecule has 132 valence electrons. The summed E-state index contributed by atoms with van der Waals surface area (Å²) in [5.41, 5.74) is -0.864. The van der Waals surface area contributed by atoms with Crippen LogP contribution in [0.3, 0.4) is 0 Å². The Balaban J connectivity index is 2.22. The number of benzene rings is 2. The molecule has 0 amide bonds. The molecule has 3 rings (SSSR count). The van der Waals surface area contributed by atoms with E-state index in [1.54, 1.807) is 18.2 Å². The van der Waals surface area contributed by atoms with Crippen molar-refractivity contribution in [2.24, 2.45) is 0 Å². The topological polar surface area (TPSA) is 74.7 Å². The summed E-state index contributed by atoms with van der Waals surface area (Å²) in [6.07, 6.45) is -5.26. The van der Waals surface area contributed by atoms with E-state index in [1.165, 1.54) is 12.1 Å². The second-order valence-corrected chi connectivity index (χ2v) is 7.28. The number of fused-ring (bicyclic) bond motifs is 1. The van der Waals surface area contributed by atoms with Crippen LogP contribution in [-0.2, 0) is 21.0 Å². The molecule has 0 saturated carbocycles. The highest BCUT2D eigenvalue weighted by Gasteiger charge is 2.45. The standard InChI is InChI=1S/C16H12F3NO4S/c17-16(18,19)10-6-7-12-13(9-15(21)22)20(11-4-2-1-3-5-11)25(23,24)14(12)8-10/h1-8,13H,9H2,(H,21,22). The van der Waals surface area contributed by atoms with Crippen molar-refractivity contribution in [3.8, 4) is 0 Å². The Morgan fingerprint density at radius 3 is 2.32 bits per heavy atom. The number of anilines is 1. The van der Waals surface area contributed by atoms with Crippen LogP contribution in [0.5, 0.6) is 0 Å². The molecule has 2 aromatic rings. The van der Waals surface area contributed by atoms with E-state index in [4.69, 9.17) is 5.11 Å². The number of hydrogen-bond donors (Lipinski definition) is 1. The lowest BCUT2D eigenvalue weighted by atomic mass is 10.0. The molecule has 1 aliphatic heterocycles. The van der Waals surface area contributed by atoms with Gasteiger partial charge in [-0.15, -0.1) is 0 Å². The minimum Gasteiger partial charge on any atom is -0.481 e. The number of carbonyl (C=O) groups is 1. The van der Waals surface area contributed by atoms with E-state index in [-0.39, 0.29) is 11.3 Å². The highest BCUT2D eigenvalue weighted by atomic mass is 32.2. The number of rotatable bonds is 3. The first kappa shape index (κ1) is 17.3. The first-order valence-electron chi connectivity index (χ1n) is 7.15. The third-order valence-electron chi connectivity index (χ3n) is 3.90. The van der Waals surface area contributed by atoms with Crippen molar-refractivity contribution in [2.75, 3.05) is 4.31 Å². The van der Waals surface area contributed by atoms with Gasteiger partial charge in [0.25, 0.3) is 10.0 Å². The summed E-state index contributed by atoms with van der Waals surface area (Å²) in [4.78, 5) is 10.7. The predicted octanol–water partition coefficient (Wildman–Crippen LogP) is 3.43. The molecular weight excluding hydrogens is 359 g/mol. The second kappa shape index (κ2) is 5.76. The van der Waals surface area contributed by atoms with E-state index in [9.17, 15) is 26.4 Å². The van der Waals surface area contributed by atoms with Crippen molar-refractivity contribution in [3.63, 3.8) is 0 Å². The number of nitrogens with zero attached hydrogens (tertiary/aromatic N) is 1. The Bertz CT molecular complexity index is 926. The maximum atomic E-state index is 12.9. The van der Waals surface area contributed by atoms with Crippen LogP contribution < -0.4 is 4.31 Å². The first-order valence-corrected chi connectivity index (χ1v) is 8.59. The Labute approximate surface area is 141 Å². The summed E-state index contributed by atoms with van der Waals surface area (Å²) in [6.45, 7) is 0. The SMILES string of the molecule is O=C(O)CC1c2ccc(C(F)(F)F)cc2S(=O)(=O)N1c1ccccc1. The maximum Gasteiger partial charge on any atom is 0.416 e. The molecule has 2 aromatic carbocycles. The number of sulfonamides is 1. The molecule has 1 aliphatic rings. The molecule has 1 unspecified atom stereocenters. The van der Waals surface area contributed by atoms with E-state index >= 15 is 0 Å². The van der Waals surface area contributed by atoms with Gasteiger partial charge >= 0.3 is 12.1 Å². The summed E-state index contributed by atoms with van der Waals surface area (Å²) in [7, 11) is -4.31. The Kier molecular flexibility index (Phi) is 3.98. The average Bonchev–Trinajstić information content (AvgIpc) is 2.74. The lowest BCUT2D eigenvalue weighted by Crippen LogP contribution is -2.29. The number of alkyl halides is 3. The molecule has 5 nitrogen and oxygen atoms in total. The van der Waals surface area contributed by atoms with Gasteiger partial charge in [-0.1, -0.05) is 24.3 Å². The van der Waals surface area contributed by atoms with Crippen LogP contribution in [0, 0.1) is 0 Å². The van der Waals surface area contributed by atoms with E-state index in [2.05, 4.69) is 0 Å². The largest absolute Gasteiger partial charge is 0.481 e. The van der Waals surface area contributed by atoms with Gasteiger partial charge in [-0.3, -0.25) is 9.10 Å². The van der Waals surface area contributed by atoms with Crippen molar-refractivity contribution in [1.29, 1.82) is 0 Å². The van der Waals surface area contributed by atoms with Gasteiger partial charge in [0.1, 0.15) is 0 Å². The number of para-hydroxylation sites is 1. The minimum atomic E-state index is -4.70. The zero-order chi connectivity index (χ0) is 18.4. The van der Waals surface area contributed by atoms with Gasteiger partial charge in [0, 0.05) is 0 Å². The van der Waals surface area contributed by atoms with Crippen LogP contribution in [-0.4, -0.2) is 19.5 Å². The van der Waals surface area contributed by atoms with Gasteiger partial charge in [-0.25, -0.2) is 8.42 Å². The summed E-state index contributed by atoms with van der Waals surface area (Å²) >= 11 is 0. The summed E-state index contributed by atoms with van der Waals surface area (Å²) in [5, 5.41) is 9.12. The third-order valence-corrected chi connectivity index (χ3v) is 5.79. The Hall–Kier alpha value is -2.55. The molecular formula is C16H12F3NO4S. The van der Waals surface area contributed by atoms with E-state index in [0.717, 1.165) is 16.4 Å². The zero-order valence-corrected chi connectivity index (χ0v) is 13.4. The molecule has 0 spiro atoms. The summed E-state index contributed by atoms with van der Waals surface area (Å²) in [6, 6.07) is 8.94. The molecule has 1 N–H and O–H groups in total. The van der Waals surface area contributed by atoms with Crippen molar-refractivity contribution in [1.82, 2.24) is 0 Å². The lowest BCUT2D eigenvalue weighted by molar-refractivity contribution is -0.138. The molecule has 1 heterocycles. The van der Waals surface area contributed by atoms with Gasteiger partial charge in [-0.2, -0.15) is 13.2 Å². The number of carboxylic acid groups (broad SMARTS) is 1. The smallest absolute Gasteiger partial charge is 0.416 e. The number of aliphatic carboxylic acids is 1. The van der Waals surface area contributed by atoms with Crippen molar-refractivity contribution in [2.45, 2.75) is 23.5 Å². The predicted molar refractivity (Wildman–Crippen MR) is 82.5 cm³/mol. The highest BCUT2D eigenvalue weighted by Crippen LogP contribution is 2.46. The fourth-order valence-corrected chi connectivity index (χ4v) is 4.77. The van der Waals surface area contributed by atoms with Crippen LogP contribution in [0.1, 0.15) is 23.6 Å². The van der Waals surface area contributed by atoms with Crippen molar-refractivity contribution in [3.05, 3.63) is 59.7 Å². The average molecular weight is 371 g/mol. The van der Waals surface area contributed by atoms with Crippen LogP contribution >= 0.6 is 0 Å². The molecule has 0 radical (unpaired) electrons. The van der Waals surface area contributed by atoms with Crippen molar-refractivity contribution >= 4 is 21.7 Å². The van der Waals surface area contributed by atoms with Crippen LogP contribution in [0.4, 0.5) is 18.9 Å². The number of halogens is 3.